The van der Waals surface area contributed by atoms with E-state index in [1.54, 1.807) is 0 Å². The Morgan fingerprint density at radius 2 is 1.96 bits per heavy atom. The maximum atomic E-state index is 12.1. The van der Waals surface area contributed by atoms with Crippen molar-refractivity contribution in [2.75, 3.05) is 45.2 Å². The molecule has 25 heavy (non-hydrogen) atoms. The fourth-order valence-corrected chi connectivity index (χ4v) is 4.13. The molecule has 7 heteroatoms. The van der Waals surface area contributed by atoms with Crippen molar-refractivity contribution in [2.45, 2.75) is 51.0 Å². The number of amides is 1. The average Bonchev–Trinajstić information content (AvgIpc) is 3.03. The number of piperidine rings is 2. The second-order valence-electron chi connectivity index (χ2n) is 7.25. The first-order valence-corrected chi connectivity index (χ1v) is 11.0. The van der Waals surface area contributed by atoms with Crippen molar-refractivity contribution in [1.29, 1.82) is 0 Å². The number of aromatic nitrogens is 3. The molecule has 3 heterocycles. The van der Waals surface area contributed by atoms with E-state index in [0.29, 0.717) is 18.4 Å². The molecule has 0 aliphatic carbocycles. The number of aryl methyl sites for hydroxylation is 1. The molecule has 0 atom stereocenters. The molecule has 1 aromatic rings. The number of hydrogen-bond donors (Lipinski definition) is 0. The van der Waals surface area contributed by atoms with Crippen molar-refractivity contribution in [1.82, 2.24) is 24.6 Å². The normalized spacial score (nSPS) is 20.4. The molecule has 2 aliphatic rings. The summed E-state index contributed by atoms with van der Waals surface area (Å²) in [4.78, 5) is 21.3. The maximum absolute atomic E-state index is 12.1. The second-order valence-corrected chi connectivity index (χ2v) is 8.24. The summed E-state index contributed by atoms with van der Waals surface area (Å²) in [7, 11) is 2.18. The zero-order valence-electron chi connectivity index (χ0n) is 15.6. The Morgan fingerprint density at radius 3 is 2.68 bits per heavy atom. The number of carbonyl (C=O) groups excluding carboxylic acids is 1. The monoisotopic (exact) mass is 365 g/mol. The predicted octanol–water partition coefficient (Wildman–Crippen LogP) is 2.01. The van der Waals surface area contributed by atoms with Gasteiger partial charge in [0.05, 0.1) is 6.04 Å². The van der Waals surface area contributed by atoms with Gasteiger partial charge >= 0.3 is 0 Å². The Balaban J connectivity index is 1.68. The molecule has 0 unspecified atom stereocenters. The average molecular weight is 366 g/mol. The van der Waals surface area contributed by atoms with Gasteiger partial charge in [0.1, 0.15) is 5.82 Å². The number of rotatable bonds is 7. The lowest BCUT2D eigenvalue weighted by Crippen LogP contribution is -2.37. The van der Waals surface area contributed by atoms with Gasteiger partial charge in [-0.3, -0.25) is 4.79 Å². The number of hydrogen-bond acceptors (Lipinski definition) is 5. The lowest BCUT2D eigenvalue weighted by Gasteiger charge is -2.30. The first kappa shape index (κ1) is 18.7. The van der Waals surface area contributed by atoms with Crippen molar-refractivity contribution < 1.29 is 4.79 Å². The van der Waals surface area contributed by atoms with Gasteiger partial charge in [-0.05, 0) is 52.1 Å². The van der Waals surface area contributed by atoms with E-state index in [4.69, 9.17) is 10.1 Å². The maximum Gasteiger partial charge on any atom is 0.222 e. The Morgan fingerprint density at radius 1 is 1.16 bits per heavy atom. The van der Waals surface area contributed by atoms with E-state index in [2.05, 4.69) is 22.9 Å². The van der Waals surface area contributed by atoms with Gasteiger partial charge in [-0.15, -0.1) is 0 Å². The van der Waals surface area contributed by atoms with Crippen LogP contribution in [0.25, 0.3) is 0 Å². The molecule has 140 valence electrons. The lowest BCUT2D eigenvalue weighted by atomic mass is 10.1. The van der Waals surface area contributed by atoms with Gasteiger partial charge < -0.3 is 9.80 Å². The van der Waals surface area contributed by atoms with E-state index in [-0.39, 0.29) is 0 Å². The molecule has 0 saturated carbocycles. The van der Waals surface area contributed by atoms with Gasteiger partial charge in [-0.1, -0.05) is 0 Å². The third-order valence-electron chi connectivity index (χ3n) is 5.34. The van der Waals surface area contributed by atoms with E-state index in [9.17, 15) is 4.79 Å². The van der Waals surface area contributed by atoms with Gasteiger partial charge in [0.2, 0.25) is 5.91 Å². The minimum Gasteiger partial charge on any atom is -0.342 e. The van der Waals surface area contributed by atoms with Crippen molar-refractivity contribution in [3.05, 3.63) is 11.6 Å². The number of carbonyl (C=O) groups is 1. The summed E-state index contributed by atoms with van der Waals surface area (Å²) in [6.07, 6.45) is 9.03. The highest BCUT2D eigenvalue weighted by molar-refractivity contribution is 7.98. The SMILES string of the molecule is CSCCc1nc(CCN2CCCCC2=O)n(C2CCN(C)CC2)n1. The zero-order chi connectivity index (χ0) is 17.6. The summed E-state index contributed by atoms with van der Waals surface area (Å²) in [5, 5.41) is 4.85. The molecule has 3 rings (SSSR count). The Labute approximate surface area is 155 Å². The van der Waals surface area contributed by atoms with Crippen LogP contribution in [-0.2, 0) is 17.6 Å². The summed E-state index contributed by atoms with van der Waals surface area (Å²) in [5.41, 5.74) is 0. The first-order valence-electron chi connectivity index (χ1n) is 9.57. The van der Waals surface area contributed by atoms with Gasteiger partial charge in [0.15, 0.2) is 5.82 Å². The van der Waals surface area contributed by atoms with Crippen LogP contribution in [0.3, 0.4) is 0 Å². The second kappa shape index (κ2) is 9.03. The van der Waals surface area contributed by atoms with Crippen LogP contribution in [0, 0.1) is 0 Å². The molecule has 1 amide bonds. The Bertz CT molecular complexity index is 568. The van der Waals surface area contributed by atoms with Crippen LogP contribution in [0.2, 0.25) is 0 Å². The largest absolute Gasteiger partial charge is 0.342 e. The fraction of sp³-hybridized carbons (Fsp3) is 0.833. The third kappa shape index (κ3) is 4.97. The van der Waals surface area contributed by atoms with E-state index < -0.39 is 0 Å². The van der Waals surface area contributed by atoms with Crippen molar-refractivity contribution >= 4 is 17.7 Å². The summed E-state index contributed by atoms with van der Waals surface area (Å²) < 4.78 is 2.19. The molecule has 0 radical (unpaired) electrons. The molecular weight excluding hydrogens is 334 g/mol. The third-order valence-corrected chi connectivity index (χ3v) is 5.95. The molecular formula is C18H31N5OS. The van der Waals surface area contributed by atoms with Gasteiger partial charge in [-0.25, -0.2) is 9.67 Å². The van der Waals surface area contributed by atoms with Crippen LogP contribution in [0.4, 0.5) is 0 Å². The van der Waals surface area contributed by atoms with Crippen molar-refractivity contribution in [2.24, 2.45) is 0 Å². The van der Waals surface area contributed by atoms with E-state index >= 15 is 0 Å². The summed E-state index contributed by atoms with van der Waals surface area (Å²) in [5.74, 6) is 3.40. The predicted molar refractivity (Wildman–Crippen MR) is 102 cm³/mol. The highest BCUT2D eigenvalue weighted by Gasteiger charge is 2.24. The van der Waals surface area contributed by atoms with Crippen LogP contribution < -0.4 is 0 Å². The number of thioether (sulfide) groups is 1. The molecule has 1 aromatic heterocycles. The van der Waals surface area contributed by atoms with Crippen LogP contribution >= 0.6 is 11.8 Å². The molecule has 0 aromatic carbocycles. The topological polar surface area (TPSA) is 54.3 Å². The molecule has 0 spiro atoms. The molecule has 2 fully saturated rings. The minimum atomic E-state index is 0.305. The first-order chi connectivity index (χ1) is 12.2. The van der Waals surface area contributed by atoms with Crippen molar-refractivity contribution in [3.8, 4) is 0 Å². The molecule has 0 N–H and O–H groups in total. The summed E-state index contributed by atoms with van der Waals surface area (Å²) >= 11 is 1.84. The standard InChI is InChI=1S/C18H31N5OS/c1-21-11-6-15(7-12-21)23-17(19-16(20-23)9-14-25-2)8-13-22-10-4-3-5-18(22)24/h15H,3-14H2,1-2H3. The van der Waals surface area contributed by atoms with E-state index in [0.717, 1.165) is 82.1 Å². The van der Waals surface area contributed by atoms with Crippen LogP contribution in [0.15, 0.2) is 0 Å². The van der Waals surface area contributed by atoms with Gasteiger partial charge in [-0.2, -0.15) is 16.9 Å². The molecule has 0 bridgehead atoms. The van der Waals surface area contributed by atoms with Crippen LogP contribution in [-0.4, -0.2) is 75.7 Å². The molecule has 2 aliphatic heterocycles. The molecule has 2 saturated heterocycles. The highest BCUT2D eigenvalue weighted by atomic mass is 32.2. The summed E-state index contributed by atoms with van der Waals surface area (Å²) in [6.45, 7) is 3.93. The quantitative estimate of drug-likeness (QED) is 0.740. The smallest absolute Gasteiger partial charge is 0.222 e. The van der Waals surface area contributed by atoms with E-state index in [1.807, 2.05) is 16.7 Å². The van der Waals surface area contributed by atoms with Crippen LogP contribution in [0.1, 0.15) is 49.8 Å². The van der Waals surface area contributed by atoms with E-state index in [1.165, 1.54) is 0 Å². The van der Waals surface area contributed by atoms with Crippen molar-refractivity contribution in [3.63, 3.8) is 0 Å². The Hall–Kier alpha value is -1.08. The number of nitrogens with zero attached hydrogens (tertiary/aromatic N) is 5. The number of likely N-dealkylation sites (tertiary alicyclic amines) is 2. The molecule has 6 nitrogen and oxygen atoms in total. The highest BCUT2D eigenvalue weighted by Crippen LogP contribution is 2.23. The van der Waals surface area contributed by atoms with Gasteiger partial charge in [0.25, 0.3) is 0 Å². The van der Waals surface area contributed by atoms with Crippen LogP contribution in [0.5, 0.6) is 0 Å². The minimum absolute atomic E-state index is 0.305. The van der Waals surface area contributed by atoms with Gasteiger partial charge in [0, 0.05) is 38.1 Å². The zero-order valence-corrected chi connectivity index (χ0v) is 16.4. The Kier molecular flexibility index (Phi) is 6.76. The fourth-order valence-electron chi connectivity index (χ4n) is 3.74. The lowest BCUT2D eigenvalue weighted by molar-refractivity contribution is -0.133. The summed E-state index contributed by atoms with van der Waals surface area (Å²) in [6, 6.07) is 0.457.